The van der Waals surface area contributed by atoms with Gasteiger partial charge >= 0.3 is 0 Å². The fourth-order valence-corrected chi connectivity index (χ4v) is 3.71. The number of nitrogens with zero attached hydrogens (tertiary/aromatic N) is 2. The number of carbonyl (C=O) groups excluding carboxylic acids is 1. The summed E-state index contributed by atoms with van der Waals surface area (Å²) >= 11 is 0. The van der Waals surface area contributed by atoms with E-state index in [9.17, 15) is 4.79 Å². The van der Waals surface area contributed by atoms with Crippen molar-refractivity contribution in [2.75, 3.05) is 0 Å². The second-order valence-electron chi connectivity index (χ2n) is 6.37. The normalized spacial score (nSPS) is 24.8. The molecule has 0 spiro atoms. The minimum atomic E-state index is -0.449. The second kappa shape index (κ2) is 5.88. The Morgan fingerprint density at radius 1 is 1.32 bits per heavy atom. The first-order valence-corrected chi connectivity index (χ1v) is 7.87. The van der Waals surface area contributed by atoms with Crippen LogP contribution in [-0.4, -0.2) is 10.8 Å². The van der Waals surface area contributed by atoms with Crippen LogP contribution in [-0.2, 0) is 10.3 Å². The molecule has 22 heavy (non-hydrogen) atoms. The van der Waals surface area contributed by atoms with Crippen LogP contribution in [0.15, 0.2) is 36.5 Å². The summed E-state index contributed by atoms with van der Waals surface area (Å²) in [6.45, 7) is 9.46. The molecule has 1 aliphatic carbocycles. The van der Waals surface area contributed by atoms with Gasteiger partial charge in [-0.25, -0.2) is 6.57 Å². The summed E-state index contributed by atoms with van der Waals surface area (Å²) in [6, 6.07) is 10.1. The number of hydrogen-bond donors (Lipinski definition) is 0. The van der Waals surface area contributed by atoms with Gasteiger partial charge in [-0.1, -0.05) is 18.2 Å². The van der Waals surface area contributed by atoms with E-state index >= 15 is 0 Å². The molecule has 0 atom stereocenters. The Bertz CT molecular complexity index is 731. The van der Waals surface area contributed by atoms with Crippen molar-refractivity contribution in [1.82, 2.24) is 4.98 Å². The number of pyridine rings is 1. The monoisotopic (exact) mass is 292 g/mol. The molecule has 2 aromatic rings. The lowest BCUT2D eigenvalue weighted by atomic mass is 9.71. The molecule has 112 valence electrons. The maximum Gasteiger partial charge on any atom is 0.258 e. The molecule has 0 N–H and O–H groups in total. The molecule has 3 rings (SSSR count). The summed E-state index contributed by atoms with van der Waals surface area (Å²) in [5.41, 5.74) is 1.61. The van der Waals surface area contributed by atoms with Crippen molar-refractivity contribution in [1.29, 1.82) is 0 Å². The van der Waals surface area contributed by atoms with Crippen LogP contribution in [0.3, 0.4) is 0 Å². The molecule has 0 amide bonds. The highest BCUT2D eigenvalue weighted by Gasteiger charge is 2.43. The molecule has 1 aromatic heterocycles. The molecule has 0 unspecified atom stereocenters. The number of rotatable bonds is 3. The molecule has 0 radical (unpaired) electrons. The molecular formula is C19H20N2O. The largest absolute Gasteiger partial charge is 0.305 e. The number of hydrogen-bond acceptors (Lipinski definition) is 2. The Kier molecular flexibility index (Phi) is 3.94. The summed E-state index contributed by atoms with van der Waals surface area (Å²) in [5.74, 6) is 0.704. The molecular weight excluding hydrogens is 272 g/mol. The van der Waals surface area contributed by atoms with E-state index in [4.69, 9.17) is 6.57 Å². The van der Waals surface area contributed by atoms with Gasteiger partial charge in [0.05, 0.1) is 5.52 Å². The number of fused-ring (bicyclic) bond motifs is 1. The Morgan fingerprint density at radius 3 is 2.73 bits per heavy atom. The van der Waals surface area contributed by atoms with E-state index in [1.54, 1.807) is 6.92 Å². The van der Waals surface area contributed by atoms with E-state index in [0.29, 0.717) is 12.3 Å². The minimum Gasteiger partial charge on any atom is -0.305 e. The molecule has 3 heteroatoms. The van der Waals surface area contributed by atoms with Crippen LogP contribution in [0, 0.1) is 12.5 Å². The maximum atomic E-state index is 11.3. The fraction of sp³-hybridized carbons (Fsp3) is 0.421. The van der Waals surface area contributed by atoms with Gasteiger partial charge in [-0.3, -0.25) is 4.98 Å². The fourth-order valence-electron chi connectivity index (χ4n) is 3.71. The number of ketones is 1. The summed E-state index contributed by atoms with van der Waals surface area (Å²) in [6.07, 6.45) is 6.06. The molecule has 1 saturated carbocycles. The molecule has 1 aromatic carbocycles. The van der Waals surface area contributed by atoms with Gasteiger partial charge in [0.25, 0.3) is 5.54 Å². The van der Waals surface area contributed by atoms with E-state index in [0.717, 1.165) is 42.1 Å². The lowest BCUT2D eigenvalue weighted by Gasteiger charge is -2.31. The molecule has 1 fully saturated rings. The predicted octanol–water partition coefficient (Wildman–Crippen LogP) is 4.52. The average molecular weight is 292 g/mol. The topological polar surface area (TPSA) is 34.3 Å². The van der Waals surface area contributed by atoms with E-state index in [2.05, 4.69) is 15.9 Å². The summed E-state index contributed by atoms with van der Waals surface area (Å²) in [4.78, 5) is 19.8. The predicted molar refractivity (Wildman–Crippen MR) is 87.3 cm³/mol. The van der Waals surface area contributed by atoms with E-state index < -0.39 is 5.54 Å². The summed E-state index contributed by atoms with van der Waals surface area (Å²) < 4.78 is 0. The van der Waals surface area contributed by atoms with Gasteiger partial charge in [0.1, 0.15) is 5.78 Å². The third-order valence-electron chi connectivity index (χ3n) is 4.87. The standard InChI is InChI=1S/C19H20N2O/c1-14(22)13-15-7-10-19(20-2,11-8-15)17-9-12-21-18-6-4-3-5-16(17)18/h3-6,9,12,15H,7-8,10-11,13H2,1H3. The van der Waals surface area contributed by atoms with Crippen molar-refractivity contribution in [3.8, 4) is 0 Å². The SMILES string of the molecule is [C-]#[N+]C1(c2ccnc3ccccc23)CCC(CC(C)=O)CC1. The van der Waals surface area contributed by atoms with Crippen molar-refractivity contribution >= 4 is 16.7 Å². The minimum absolute atomic E-state index is 0.259. The van der Waals surface area contributed by atoms with Crippen LogP contribution in [0.4, 0.5) is 0 Å². The number of carbonyl (C=O) groups is 1. The number of para-hydroxylation sites is 1. The highest BCUT2D eigenvalue weighted by molar-refractivity contribution is 5.83. The summed E-state index contributed by atoms with van der Waals surface area (Å²) in [5, 5.41) is 1.09. The maximum absolute atomic E-state index is 11.3. The first-order valence-electron chi connectivity index (χ1n) is 7.87. The second-order valence-corrected chi connectivity index (χ2v) is 6.37. The third kappa shape index (κ3) is 2.62. The zero-order chi connectivity index (χ0) is 15.6. The number of benzene rings is 1. The van der Waals surface area contributed by atoms with Crippen molar-refractivity contribution in [3.63, 3.8) is 0 Å². The van der Waals surface area contributed by atoms with Crippen LogP contribution in [0.5, 0.6) is 0 Å². The van der Waals surface area contributed by atoms with Gasteiger partial charge in [-0.05, 0) is 37.8 Å². The highest BCUT2D eigenvalue weighted by Crippen LogP contribution is 2.45. The van der Waals surface area contributed by atoms with Crippen LogP contribution in [0.1, 0.15) is 44.6 Å². The van der Waals surface area contributed by atoms with Gasteiger partial charge < -0.3 is 9.64 Å². The lowest BCUT2D eigenvalue weighted by Crippen LogP contribution is -2.29. The highest BCUT2D eigenvalue weighted by atomic mass is 16.1. The molecule has 0 saturated heterocycles. The van der Waals surface area contributed by atoms with Crippen LogP contribution in [0.25, 0.3) is 15.7 Å². The first kappa shape index (κ1) is 14.7. The zero-order valence-electron chi connectivity index (χ0n) is 12.9. The first-order chi connectivity index (χ1) is 10.6. The number of Topliss-reactive ketones (excluding diaryl/α,β-unsaturated/α-hetero) is 1. The van der Waals surface area contributed by atoms with Crippen molar-refractivity contribution in [2.45, 2.75) is 44.6 Å². The molecule has 1 heterocycles. The van der Waals surface area contributed by atoms with Gasteiger partial charge in [0.15, 0.2) is 0 Å². The molecule has 0 aliphatic heterocycles. The average Bonchev–Trinajstić information content (AvgIpc) is 2.55. The zero-order valence-corrected chi connectivity index (χ0v) is 12.9. The Labute approximate surface area is 131 Å². The van der Waals surface area contributed by atoms with Gasteiger partial charge in [-0.15, -0.1) is 0 Å². The smallest absolute Gasteiger partial charge is 0.258 e. The van der Waals surface area contributed by atoms with Crippen LogP contribution < -0.4 is 0 Å². The van der Waals surface area contributed by atoms with Gasteiger partial charge in [-0.2, -0.15) is 0 Å². The lowest BCUT2D eigenvalue weighted by molar-refractivity contribution is -0.118. The molecule has 0 bridgehead atoms. The van der Waals surface area contributed by atoms with E-state index in [1.807, 2.05) is 30.5 Å². The third-order valence-corrected chi connectivity index (χ3v) is 4.87. The van der Waals surface area contributed by atoms with E-state index in [-0.39, 0.29) is 5.78 Å². The summed E-state index contributed by atoms with van der Waals surface area (Å²) in [7, 11) is 0. The Hall–Kier alpha value is -2.21. The molecule has 1 aliphatic rings. The van der Waals surface area contributed by atoms with Crippen LogP contribution in [0.2, 0.25) is 0 Å². The van der Waals surface area contributed by atoms with Crippen molar-refractivity contribution in [2.24, 2.45) is 5.92 Å². The van der Waals surface area contributed by atoms with Gasteiger partial charge in [0, 0.05) is 36.4 Å². The molecule has 3 nitrogen and oxygen atoms in total. The number of aromatic nitrogens is 1. The Balaban J connectivity index is 1.95. The van der Waals surface area contributed by atoms with Gasteiger partial charge in [0.2, 0.25) is 0 Å². The quantitative estimate of drug-likeness (QED) is 0.779. The Morgan fingerprint density at radius 2 is 2.05 bits per heavy atom. The van der Waals surface area contributed by atoms with Crippen molar-refractivity contribution < 1.29 is 4.79 Å². The van der Waals surface area contributed by atoms with Crippen molar-refractivity contribution in [3.05, 3.63) is 53.5 Å². The van der Waals surface area contributed by atoms with E-state index in [1.165, 1.54) is 0 Å². The van der Waals surface area contributed by atoms with Crippen LogP contribution >= 0.6 is 0 Å².